The Morgan fingerprint density at radius 2 is 2.21 bits per heavy atom. The number of rotatable bonds is 4. The molecule has 8 heteroatoms. The standard InChI is InChI=1S/C6H13N5O2S/c1-5(7)3-14(12,13)4-6-8-10-11(2)9-6/h5H,3-4,7H2,1-2H3. The van der Waals surface area contributed by atoms with Gasteiger partial charge in [0.2, 0.25) is 0 Å². The van der Waals surface area contributed by atoms with E-state index in [0.29, 0.717) is 0 Å². The Hall–Kier alpha value is -1.02. The van der Waals surface area contributed by atoms with Crippen molar-refractivity contribution >= 4 is 9.84 Å². The Bertz CT molecular complexity index is 396. The highest BCUT2D eigenvalue weighted by molar-refractivity contribution is 7.90. The van der Waals surface area contributed by atoms with Gasteiger partial charge in [-0.1, -0.05) is 0 Å². The zero-order chi connectivity index (χ0) is 10.8. The summed E-state index contributed by atoms with van der Waals surface area (Å²) in [5, 5.41) is 10.9. The summed E-state index contributed by atoms with van der Waals surface area (Å²) in [5.74, 6) is -0.0682. The minimum atomic E-state index is -3.22. The van der Waals surface area contributed by atoms with Crippen molar-refractivity contribution in [2.75, 3.05) is 5.75 Å². The molecule has 0 aliphatic carbocycles. The maximum atomic E-state index is 11.4. The fourth-order valence-electron chi connectivity index (χ4n) is 1.04. The van der Waals surface area contributed by atoms with Gasteiger partial charge in [-0.05, 0) is 12.1 Å². The fourth-order valence-corrected chi connectivity index (χ4v) is 2.47. The van der Waals surface area contributed by atoms with Crippen LogP contribution >= 0.6 is 0 Å². The lowest BCUT2D eigenvalue weighted by Gasteiger charge is -2.03. The van der Waals surface area contributed by atoms with Crippen LogP contribution in [0.25, 0.3) is 0 Å². The Morgan fingerprint density at radius 1 is 1.57 bits per heavy atom. The first-order valence-corrected chi connectivity index (χ1v) is 5.90. The first kappa shape index (κ1) is 11.1. The van der Waals surface area contributed by atoms with Gasteiger partial charge in [-0.25, -0.2) is 8.42 Å². The molecule has 0 aliphatic heterocycles. The van der Waals surface area contributed by atoms with E-state index in [1.54, 1.807) is 14.0 Å². The van der Waals surface area contributed by atoms with Gasteiger partial charge in [-0.2, -0.15) is 4.80 Å². The maximum absolute atomic E-state index is 11.4. The first-order valence-electron chi connectivity index (χ1n) is 4.08. The highest BCUT2D eigenvalue weighted by Crippen LogP contribution is 2.00. The predicted octanol–water partition coefficient (Wildman–Crippen LogP) is -1.53. The van der Waals surface area contributed by atoms with Crippen LogP contribution in [0.15, 0.2) is 0 Å². The summed E-state index contributed by atoms with van der Waals surface area (Å²) in [7, 11) is -1.65. The largest absolute Gasteiger partial charge is 0.327 e. The molecule has 0 radical (unpaired) electrons. The van der Waals surface area contributed by atoms with E-state index in [0.717, 1.165) is 0 Å². The molecule has 0 spiro atoms. The van der Waals surface area contributed by atoms with Crippen LogP contribution in [0.4, 0.5) is 0 Å². The molecular weight excluding hydrogens is 206 g/mol. The molecule has 80 valence electrons. The van der Waals surface area contributed by atoms with Gasteiger partial charge in [0.15, 0.2) is 15.7 Å². The fraction of sp³-hybridized carbons (Fsp3) is 0.833. The molecule has 0 fully saturated rings. The van der Waals surface area contributed by atoms with Gasteiger partial charge >= 0.3 is 0 Å². The molecule has 1 rings (SSSR count). The minimum Gasteiger partial charge on any atom is -0.327 e. The molecule has 2 N–H and O–H groups in total. The average Bonchev–Trinajstić information content (AvgIpc) is 2.30. The second kappa shape index (κ2) is 4.01. The highest BCUT2D eigenvalue weighted by Gasteiger charge is 2.17. The van der Waals surface area contributed by atoms with E-state index in [1.807, 2.05) is 0 Å². The molecule has 1 atom stereocenters. The third-order valence-electron chi connectivity index (χ3n) is 1.42. The lowest BCUT2D eigenvalue weighted by Crippen LogP contribution is -2.27. The second-order valence-electron chi connectivity index (χ2n) is 3.23. The Labute approximate surface area is 82.2 Å². The number of aromatic nitrogens is 4. The lowest BCUT2D eigenvalue weighted by atomic mass is 10.4. The highest BCUT2D eigenvalue weighted by atomic mass is 32.2. The third kappa shape index (κ3) is 3.38. The van der Waals surface area contributed by atoms with E-state index in [9.17, 15) is 8.42 Å². The molecule has 1 aromatic heterocycles. The van der Waals surface area contributed by atoms with E-state index < -0.39 is 9.84 Å². The van der Waals surface area contributed by atoms with Crippen molar-refractivity contribution in [3.8, 4) is 0 Å². The molecule has 1 unspecified atom stereocenters. The Balaban J connectivity index is 2.69. The van der Waals surface area contributed by atoms with Gasteiger partial charge < -0.3 is 5.73 Å². The van der Waals surface area contributed by atoms with Gasteiger partial charge in [0, 0.05) is 6.04 Å². The number of sulfone groups is 1. The molecule has 0 saturated carbocycles. The molecule has 0 bridgehead atoms. The van der Waals surface area contributed by atoms with Gasteiger partial charge in [0.1, 0.15) is 5.75 Å². The van der Waals surface area contributed by atoms with Gasteiger partial charge in [0.05, 0.1) is 12.8 Å². The van der Waals surface area contributed by atoms with Crippen LogP contribution in [0.5, 0.6) is 0 Å². The third-order valence-corrected chi connectivity index (χ3v) is 3.15. The van der Waals surface area contributed by atoms with Crippen molar-refractivity contribution in [3.63, 3.8) is 0 Å². The van der Waals surface area contributed by atoms with Gasteiger partial charge in [-0.3, -0.25) is 0 Å². The van der Waals surface area contributed by atoms with Crippen LogP contribution in [-0.4, -0.2) is 40.4 Å². The van der Waals surface area contributed by atoms with Crippen molar-refractivity contribution in [2.45, 2.75) is 18.7 Å². The van der Waals surface area contributed by atoms with Crippen molar-refractivity contribution < 1.29 is 8.42 Å². The molecule has 0 amide bonds. The molecule has 7 nitrogen and oxygen atoms in total. The van der Waals surface area contributed by atoms with Crippen LogP contribution < -0.4 is 5.73 Å². The Morgan fingerprint density at radius 3 is 2.64 bits per heavy atom. The number of hydrogen-bond donors (Lipinski definition) is 1. The lowest BCUT2D eigenvalue weighted by molar-refractivity contribution is 0.587. The number of hydrogen-bond acceptors (Lipinski definition) is 6. The molecular formula is C6H13N5O2S. The van der Waals surface area contributed by atoms with E-state index >= 15 is 0 Å². The van der Waals surface area contributed by atoms with Crippen LogP contribution in [0, 0.1) is 0 Å². The summed E-state index contributed by atoms with van der Waals surface area (Å²) >= 11 is 0. The molecule has 0 aliphatic rings. The van der Waals surface area contributed by atoms with Crippen molar-refractivity contribution in [1.82, 2.24) is 20.2 Å². The molecule has 0 saturated heterocycles. The quantitative estimate of drug-likeness (QED) is 0.659. The molecule has 1 aromatic rings. The molecule has 14 heavy (non-hydrogen) atoms. The van der Waals surface area contributed by atoms with E-state index in [-0.39, 0.29) is 23.4 Å². The average molecular weight is 219 g/mol. The summed E-state index contributed by atoms with van der Waals surface area (Å²) < 4.78 is 22.8. The second-order valence-corrected chi connectivity index (χ2v) is 5.34. The SMILES string of the molecule is CC(N)CS(=O)(=O)Cc1nnn(C)n1. The van der Waals surface area contributed by atoms with Crippen molar-refractivity contribution in [2.24, 2.45) is 12.8 Å². The Kier molecular flexibility index (Phi) is 3.17. The van der Waals surface area contributed by atoms with Crippen LogP contribution in [-0.2, 0) is 22.6 Å². The van der Waals surface area contributed by atoms with E-state index in [4.69, 9.17) is 5.73 Å². The number of nitrogens with two attached hydrogens (primary N) is 1. The smallest absolute Gasteiger partial charge is 0.189 e. The number of nitrogens with zero attached hydrogens (tertiary/aromatic N) is 4. The normalized spacial score (nSPS) is 14.2. The van der Waals surface area contributed by atoms with Crippen LogP contribution in [0.2, 0.25) is 0 Å². The summed E-state index contributed by atoms with van der Waals surface area (Å²) in [5.41, 5.74) is 5.40. The summed E-state index contributed by atoms with van der Waals surface area (Å²) in [6.07, 6.45) is 0. The van der Waals surface area contributed by atoms with Crippen molar-refractivity contribution in [3.05, 3.63) is 5.82 Å². The van der Waals surface area contributed by atoms with Gasteiger partial charge in [0.25, 0.3) is 0 Å². The molecule has 0 aromatic carbocycles. The first-order chi connectivity index (χ1) is 6.39. The number of aryl methyl sites for hydroxylation is 1. The maximum Gasteiger partial charge on any atom is 0.189 e. The monoisotopic (exact) mass is 219 g/mol. The summed E-state index contributed by atoms with van der Waals surface area (Å²) in [6.45, 7) is 1.64. The zero-order valence-electron chi connectivity index (χ0n) is 8.08. The zero-order valence-corrected chi connectivity index (χ0v) is 8.90. The number of tetrazole rings is 1. The van der Waals surface area contributed by atoms with Gasteiger partial charge in [-0.15, -0.1) is 10.2 Å². The summed E-state index contributed by atoms with van der Waals surface area (Å²) in [6, 6.07) is -0.378. The predicted molar refractivity (Wildman–Crippen MR) is 49.9 cm³/mol. The minimum absolute atomic E-state index is 0.0642. The summed E-state index contributed by atoms with van der Waals surface area (Å²) in [4.78, 5) is 1.22. The van der Waals surface area contributed by atoms with Crippen LogP contribution in [0.3, 0.4) is 0 Å². The van der Waals surface area contributed by atoms with Crippen molar-refractivity contribution in [1.29, 1.82) is 0 Å². The molecule has 1 heterocycles. The van der Waals surface area contributed by atoms with E-state index in [2.05, 4.69) is 15.4 Å². The van der Waals surface area contributed by atoms with E-state index in [1.165, 1.54) is 4.80 Å². The van der Waals surface area contributed by atoms with Crippen LogP contribution in [0.1, 0.15) is 12.7 Å². The topological polar surface area (TPSA) is 104 Å².